The first-order valence-corrected chi connectivity index (χ1v) is 8.24. The Balaban J connectivity index is 2.01. The van der Waals surface area contributed by atoms with Gasteiger partial charge in [0.1, 0.15) is 5.60 Å². The van der Waals surface area contributed by atoms with E-state index in [9.17, 15) is 4.79 Å². The summed E-state index contributed by atoms with van der Waals surface area (Å²) < 4.78 is 5.52. The van der Waals surface area contributed by atoms with Gasteiger partial charge in [0, 0.05) is 29.6 Å². The zero-order valence-electron chi connectivity index (χ0n) is 12.9. The van der Waals surface area contributed by atoms with Crippen LogP contribution in [0, 0.1) is 0 Å². The number of carbonyl (C=O) groups excluding carboxylic acids is 1. The number of nitrogens with one attached hydrogen (secondary N) is 2. The van der Waals surface area contributed by atoms with Crippen molar-refractivity contribution in [3.8, 4) is 0 Å². The molecule has 1 amide bonds. The summed E-state index contributed by atoms with van der Waals surface area (Å²) >= 11 is 12.4. The van der Waals surface area contributed by atoms with Crippen molar-refractivity contribution in [1.29, 1.82) is 0 Å². The van der Waals surface area contributed by atoms with Crippen molar-refractivity contribution in [1.82, 2.24) is 10.6 Å². The molecule has 0 aliphatic carbocycles. The Morgan fingerprint density at radius 2 is 1.95 bits per heavy atom. The van der Waals surface area contributed by atoms with Crippen molar-refractivity contribution >= 4 is 29.1 Å². The van der Waals surface area contributed by atoms with Gasteiger partial charge in [0.2, 0.25) is 0 Å². The lowest BCUT2D eigenvalue weighted by Gasteiger charge is -2.35. The van der Waals surface area contributed by atoms with Crippen LogP contribution in [-0.4, -0.2) is 38.3 Å². The Hall–Kier alpha value is -0.810. The molecule has 2 rings (SSSR count). The van der Waals surface area contributed by atoms with E-state index in [1.54, 1.807) is 7.11 Å². The van der Waals surface area contributed by atoms with Gasteiger partial charge in [-0.3, -0.25) is 4.79 Å². The fourth-order valence-corrected chi connectivity index (χ4v) is 3.61. The number of hydrogen-bond donors (Lipinski definition) is 2. The van der Waals surface area contributed by atoms with Gasteiger partial charge < -0.3 is 15.4 Å². The van der Waals surface area contributed by atoms with E-state index < -0.39 is 5.60 Å². The van der Waals surface area contributed by atoms with Crippen LogP contribution in [0.5, 0.6) is 0 Å². The fourth-order valence-electron chi connectivity index (χ4n) is 2.84. The second-order valence-electron chi connectivity index (χ2n) is 5.69. The van der Waals surface area contributed by atoms with Crippen LogP contribution < -0.4 is 10.6 Å². The number of ether oxygens (including phenoxy) is 1. The van der Waals surface area contributed by atoms with Crippen molar-refractivity contribution in [2.75, 3.05) is 26.7 Å². The molecule has 1 aromatic carbocycles. The van der Waals surface area contributed by atoms with Crippen molar-refractivity contribution in [3.05, 3.63) is 33.8 Å². The van der Waals surface area contributed by atoms with Crippen LogP contribution in [0.25, 0.3) is 0 Å². The third-order valence-electron chi connectivity index (χ3n) is 4.28. The summed E-state index contributed by atoms with van der Waals surface area (Å²) in [5.41, 5.74) is 0.137. The second-order valence-corrected chi connectivity index (χ2v) is 6.51. The maximum Gasteiger partial charge on any atom is 0.252 e. The Morgan fingerprint density at radius 3 is 2.50 bits per heavy atom. The molecule has 0 bridgehead atoms. The monoisotopic (exact) mass is 344 g/mol. The molecule has 1 aliphatic heterocycles. The van der Waals surface area contributed by atoms with Gasteiger partial charge >= 0.3 is 0 Å². The maximum absolute atomic E-state index is 12.5. The Morgan fingerprint density at radius 1 is 1.36 bits per heavy atom. The molecule has 2 N–H and O–H groups in total. The normalized spacial score (nSPS) is 18.7. The number of rotatable bonds is 5. The van der Waals surface area contributed by atoms with E-state index in [1.165, 1.54) is 0 Å². The largest absolute Gasteiger partial charge is 0.368 e. The van der Waals surface area contributed by atoms with Gasteiger partial charge in [0.15, 0.2) is 0 Å². The van der Waals surface area contributed by atoms with E-state index in [4.69, 9.17) is 27.9 Å². The van der Waals surface area contributed by atoms with Crippen LogP contribution in [0.4, 0.5) is 0 Å². The smallest absolute Gasteiger partial charge is 0.252 e. The quantitative estimate of drug-likeness (QED) is 0.863. The van der Waals surface area contributed by atoms with Crippen LogP contribution in [0.15, 0.2) is 18.2 Å². The van der Waals surface area contributed by atoms with Crippen LogP contribution in [0.3, 0.4) is 0 Å². The van der Waals surface area contributed by atoms with Crippen LogP contribution in [0.2, 0.25) is 10.0 Å². The molecule has 4 nitrogen and oxygen atoms in total. The molecule has 0 radical (unpaired) electrons. The lowest BCUT2D eigenvalue weighted by Crippen LogP contribution is -2.54. The minimum absolute atomic E-state index is 0.0285. The lowest BCUT2D eigenvalue weighted by molar-refractivity contribution is -0.146. The number of methoxy groups -OCH3 is 1. The van der Waals surface area contributed by atoms with Crippen molar-refractivity contribution in [2.45, 2.75) is 31.3 Å². The van der Waals surface area contributed by atoms with E-state index in [-0.39, 0.29) is 11.8 Å². The molecule has 1 fully saturated rings. The van der Waals surface area contributed by atoms with Gasteiger partial charge in [-0.25, -0.2) is 0 Å². The third-order valence-corrected chi connectivity index (χ3v) is 4.94. The molecule has 0 saturated carbocycles. The molecule has 0 spiro atoms. The number of amides is 1. The molecular weight excluding hydrogens is 323 g/mol. The highest BCUT2D eigenvalue weighted by atomic mass is 35.5. The maximum atomic E-state index is 12.5. The Bertz CT molecular complexity index is 511. The van der Waals surface area contributed by atoms with Gasteiger partial charge in [-0.15, -0.1) is 0 Å². The topological polar surface area (TPSA) is 50.4 Å². The van der Waals surface area contributed by atoms with Gasteiger partial charge in [-0.05, 0) is 43.6 Å². The summed E-state index contributed by atoms with van der Waals surface area (Å²) in [4.78, 5) is 12.5. The van der Waals surface area contributed by atoms with Gasteiger partial charge in [-0.1, -0.05) is 36.2 Å². The minimum atomic E-state index is -0.727. The lowest BCUT2D eigenvalue weighted by atomic mass is 9.90. The first kappa shape index (κ1) is 17.5. The van der Waals surface area contributed by atoms with Crippen molar-refractivity contribution in [2.24, 2.45) is 0 Å². The van der Waals surface area contributed by atoms with Crippen LogP contribution in [-0.2, 0) is 9.53 Å². The summed E-state index contributed by atoms with van der Waals surface area (Å²) in [6, 6.07) is 5.43. The highest BCUT2D eigenvalue weighted by Crippen LogP contribution is 2.31. The Kier molecular flexibility index (Phi) is 6.09. The molecule has 22 heavy (non-hydrogen) atoms. The van der Waals surface area contributed by atoms with Crippen LogP contribution >= 0.6 is 23.2 Å². The number of benzene rings is 1. The molecule has 1 aromatic rings. The summed E-state index contributed by atoms with van der Waals surface area (Å²) in [6.07, 6.45) is 1.35. The predicted octanol–water partition coefficient (Wildman–Crippen LogP) is 2.98. The van der Waals surface area contributed by atoms with E-state index >= 15 is 0 Å². The molecule has 1 unspecified atom stereocenters. The Labute approximate surface area is 141 Å². The first-order chi connectivity index (χ1) is 10.5. The number of piperidine rings is 1. The van der Waals surface area contributed by atoms with Crippen LogP contribution in [0.1, 0.15) is 31.2 Å². The molecule has 1 aliphatic rings. The third kappa shape index (κ3) is 3.74. The zero-order chi connectivity index (χ0) is 16.2. The van der Waals surface area contributed by atoms with E-state index in [1.807, 2.05) is 25.1 Å². The molecule has 122 valence electrons. The van der Waals surface area contributed by atoms with Crippen molar-refractivity contribution in [3.63, 3.8) is 0 Å². The molecule has 1 atom stereocenters. The predicted molar refractivity (Wildman–Crippen MR) is 89.7 cm³/mol. The summed E-state index contributed by atoms with van der Waals surface area (Å²) in [5, 5.41) is 7.47. The zero-order valence-corrected chi connectivity index (χ0v) is 14.4. The standard InChI is InChI=1S/C16H22Cl2N2O2/c1-11(14-12(17)4-3-5-13(14)18)10-20-15(21)16(22-2)6-8-19-9-7-16/h3-5,11,19H,6-10H2,1-2H3,(H,20,21). The van der Waals surface area contributed by atoms with E-state index in [0.29, 0.717) is 29.4 Å². The summed E-state index contributed by atoms with van der Waals surface area (Å²) in [7, 11) is 1.60. The summed E-state index contributed by atoms with van der Waals surface area (Å²) in [5.74, 6) is -0.0349. The molecular formula is C16H22Cl2N2O2. The van der Waals surface area contributed by atoms with Gasteiger partial charge in [-0.2, -0.15) is 0 Å². The minimum Gasteiger partial charge on any atom is -0.368 e. The van der Waals surface area contributed by atoms with E-state index in [2.05, 4.69) is 10.6 Å². The summed E-state index contributed by atoms with van der Waals surface area (Å²) in [6.45, 7) is 4.04. The van der Waals surface area contributed by atoms with E-state index in [0.717, 1.165) is 18.7 Å². The fraction of sp³-hybridized carbons (Fsp3) is 0.562. The molecule has 1 heterocycles. The molecule has 0 aromatic heterocycles. The highest BCUT2D eigenvalue weighted by Gasteiger charge is 2.39. The number of hydrogen-bond acceptors (Lipinski definition) is 3. The highest BCUT2D eigenvalue weighted by molar-refractivity contribution is 6.36. The average molecular weight is 345 g/mol. The molecule has 6 heteroatoms. The second kappa shape index (κ2) is 7.64. The molecule has 1 saturated heterocycles. The SMILES string of the molecule is COC1(C(=O)NCC(C)c2c(Cl)cccc2Cl)CCNCC1. The number of halogens is 2. The van der Waals surface area contributed by atoms with Gasteiger partial charge in [0.05, 0.1) is 0 Å². The average Bonchev–Trinajstić information content (AvgIpc) is 2.53. The van der Waals surface area contributed by atoms with Crippen molar-refractivity contribution < 1.29 is 9.53 Å². The first-order valence-electron chi connectivity index (χ1n) is 7.48. The van der Waals surface area contributed by atoms with Gasteiger partial charge in [0.25, 0.3) is 5.91 Å². The number of carbonyl (C=O) groups is 1.